The van der Waals surface area contributed by atoms with Crippen molar-refractivity contribution < 1.29 is 9.59 Å². The van der Waals surface area contributed by atoms with Crippen molar-refractivity contribution in [3.05, 3.63) is 62.2 Å². The molecule has 2 aromatic rings. The molecule has 0 aromatic heterocycles. The normalized spacial score (nSPS) is 10.3. The van der Waals surface area contributed by atoms with E-state index >= 15 is 0 Å². The minimum absolute atomic E-state index is 0.0443. The Labute approximate surface area is 160 Å². The number of nitrogens with one attached hydrogen (secondary N) is 1. The predicted molar refractivity (Wildman–Crippen MR) is 106 cm³/mol. The average Bonchev–Trinajstić information content (AvgIpc) is 2.58. The van der Waals surface area contributed by atoms with Crippen LogP contribution in [-0.4, -0.2) is 29.8 Å². The van der Waals surface area contributed by atoms with Gasteiger partial charge in [0.25, 0.3) is 11.8 Å². The number of nitrogens with zero attached hydrogens (tertiary/aromatic N) is 1. The monoisotopic (exact) mass is 456 g/mol. The lowest BCUT2D eigenvalue weighted by molar-refractivity contribution is 0.0772. The first kappa shape index (κ1) is 18.7. The van der Waals surface area contributed by atoms with Crippen molar-refractivity contribution in [1.82, 2.24) is 4.90 Å². The number of halogens is 2. The maximum atomic E-state index is 12.4. The van der Waals surface area contributed by atoms with Crippen LogP contribution >= 0.6 is 34.2 Å². The molecule has 0 aliphatic carbocycles. The highest BCUT2D eigenvalue weighted by Crippen LogP contribution is 2.20. The van der Waals surface area contributed by atoms with Crippen LogP contribution in [0.4, 0.5) is 5.69 Å². The van der Waals surface area contributed by atoms with Crippen molar-refractivity contribution in [2.24, 2.45) is 0 Å². The fraction of sp³-hybridized carbons (Fsp3) is 0.222. The summed E-state index contributed by atoms with van der Waals surface area (Å²) >= 11 is 8.06. The zero-order valence-corrected chi connectivity index (χ0v) is 16.4. The summed E-state index contributed by atoms with van der Waals surface area (Å²) < 4.78 is 0.812. The predicted octanol–water partition coefficient (Wildman–Crippen LogP) is 4.68. The Kier molecular flexibility index (Phi) is 6.62. The largest absolute Gasteiger partial charge is 0.339 e. The highest BCUT2D eigenvalue weighted by molar-refractivity contribution is 14.1. The molecule has 0 saturated carbocycles. The summed E-state index contributed by atoms with van der Waals surface area (Å²) in [5.41, 5.74) is 1.66. The standard InChI is InChI=1S/C18H18ClIN2O2/c1-3-22(4-2)18(24)13-6-5-7-14(10-13)21-17(23)12-8-9-15(19)16(20)11-12/h5-11H,3-4H2,1-2H3,(H,21,23). The molecule has 0 bridgehead atoms. The minimum atomic E-state index is -0.239. The van der Waals surface area contributed by atoms with Gasteiger partial charge in [0.15, 0.2) is 0 Å². The molecule has 6 heteroatoms. The van der Waals surface area contributed by atoms with E-state index in [1.54, 1.807) is 47.4 Å². The number of amides is 2. The number of benzene rings is 2. The molecule has 0 heterocycles. The van der Waals surface area contributed by atoms with E-state index in [4.69, 9.17) is 11.6 Å². The summed E-state index contributed by atoms with van der Waals surface area (Å²) in [5.74, 6) is -0.283. The number of hydrogen-bond donors (Lipinski definition) is 1. The third-order valence-corrected chi connectivity index (χ3v) is 5.14. The lowest BCUT2D eigenvalue weighted by atomic mass is 10.1. The van der Waals surface area contributed by atoms with Gasteiger partial charge in [-0.15, -0.1) is 0 Å². The Morgan fingerprint density at radius 1 is 1.08 bits per heavy atom. The number of rotatable bonds is 5. The molecule has 2 aromatic carbocycles. The van der Waals surface area contributed by atoms with Crippen LogP contribution in [0.3, 0.4) is 0 Å². The number of anilines is 1. The van der Waals surface area contributed by atoms with Crippen LogP contribution in [0.1, 0.15) is 34.6 Å². The Hall–Kier alpha value is -1.60. The Morgan fingerprint density at radius 2 is 1.79 bits per heavy atom. The zero-order valence-electron chi connectivity index (χ0n) is 13.5. The zero-order chi connectivity index (χ0) is 17.7. The second-order valence-electron chi connectivity index (χ2n) is 5.14. The number of carbonyl (C=O) groups excluding carboxylic acids is 2. The van der Waals surface area contributed by atoms with Crippen molar-refractivity contribution in [1.29, 1.82) is 0 Å². The van der Waals surface area contributed by atoms with E-state index in [-0.39, 0.29) is 11.8 Å². The van der Waals surface area contributed by atoms with Crippen LogP contribution in [0.5, 0.6) is 0 Å². The second-order valence-corrected chi connectivity index (χ2v) is 6.71. The summed E-state index contributed by atoms with van der Waals surface area (Å²) in [7, 11) is 0. The van der Waals surface area contributed by atoms with E-state index < -0.39 is 0 Å². The van der Waals surface area contributed by atoms with Crippen LogP contribution in [0.2, 0.25) is 5.02 Å². The summed E-state index contributed by atoms with van der Waals surface area (Å²) in [6.45, 7) is 5.18. The molecular weight excluding hydrogens is 439 g/mol. The molecule has 0 saturated heterocycles. The molecule has 0 aliphatic heterocycles. The van der Waals surface area contributed by atoms with Crippen LogP contribution in [0, 0.1) is 3.57 Å². The first-order chi connectivity index (χ1) is 11.5. The lowest BCUT2D eigenvalue weighted by Crippen LogP contribution is -2.30. The quantitative estimate of drug-likeness (QED) is 0.664. The van der Waals surface area contributed by atoms with Gasteiger partial charge in [0.05, 0.1) is 5.02 Å². The van der Waals surface area contributed by atoms with Crippen LogP contribution < -0.4 is 5.32 Å². The van der Waals surface area contributed by atoms with E-state index in [1.807, 2.05) is 13.8 Å². The third-order valence-electron chi connectivity index (χ3n) is 3.60. The van der Waals surface area contributed by atoms with E-state index in [0.717, 1.165) is 3.57 Å². The summed E-state index contributed by atoms with van der Waals surface area (Å²) in [6, 6.07) is 12.1. The van der Waals surface area contributed by atoms with Crippen molar-refractivity contribution in [2.45, 2.75) is 13.8 Å². The van der Waals surface area contributed by atoms with Gasteiger partial charge < -0.3 is 10.2 Å². The SMILES string of the molecule is CCN(CC)C(=O)c1cccc(NC(=O)c2ccc(Cl)c(I)c2)c1. The minimum Gasteiger partial charge on any atom is -0.339 e. The smallest absolute Gasteiger partial charge is 0.255 e. The van der Waals surface area contributed by atoms with Gasteiger partial charge >= 0.3 is 0 Å². The molecule has 0 radical (unpaired) electrons. The molecule has 126 valence electrons. The van der Waals surface area contributed by atoms with Gasteiger partial charge in [-0.3, -0.25) is 9.59 Å². The molecule has 0 unspecified atom stereocenters. The molecule has 0 fully saturated rings. The molecule has 1 N–H and O–H groups in total. The Morgan fingerprint density at radius 3 is 2.42 bits per heavy atom. The molecular formula is C18H18ClIN2O2. The Bertz CT molecular complexity index is 760. The van der Waals surface area contributed by atoms with Crippen molar-refractivity contribution in [3.8, 4) is 0 Å². The van der Waals surface area contributed by atoms with E-state index in [9.17, 15) is 9.59 Å². The molecule has 0 atom stereocenters. The fourth-order valence-electron chi connectivity index (χ4n) is 2.26. The molecule has 0 spiro atoms. The van der Waals surface area contributed by atoms with E-state index in [2.05, 4.69) is 27.9 Å². The topological polar surface area (TPSA) is 49.4 Å². The van der Waals surface area contributed by atoms with E-state index in [1.165, 1.54) is 0 Å². The first-order valence-electron chi connectivity index (χ1n) is 7.62. The highest BCUT2D eigenvalue weighted by atomic mass is 127. The first-order valence-corrected chi connectivity index (χ1v) is 9.07. The summed E-state index contributed by atoms with van der Waals surface area (Å²) in [4.78, 5) is 26.5. The second kappa shape index (κ2) is 8.48. The maximum absolute atomic E-state index is 12.4. The van der Waals surface area contributed by atoms with E-state index in [0.29, 0.717) is 34.9 Å². The number of carbonyl (C=O) groups is 2. The van der Waals surface area contributed by atoms with Crippen LogP contribution in [-0.2, 0) is 0 Å². The molecule has 24 heavy (non-hydrogen) atoms. The fourth-order valence-corrected chi connectivity index (χ4v) is 2.90. The van der Waals surface area contributed by atoms with Gasteiger partial charge in [0, 0.05) is 33.5 Å². The van der Waals surface area contributed by atoms with Gasteiger partial charge in [-0.2, -0.15) is 0 Å². The maximum Gasteiger partial charge on any atom is 0.255 e. The third kappa shape index (κ3) is 4.48. The van der Waals surface area contributed by atoms with Gasteiger partial charge in [0.1, 0.15) is 0 Å². The summed E-state index contributed by atoms with van der Waals surface area (Å²) in [5, 5.41) is 3.43. The van der Waals surface area contributed by atoms with Crippen molar-refractivity contribution >= 4 is 51.7 Å². The van der Waals surface area contributed by atoms with Gasteiger partial charge in [0.2, 0.25) is 0 Å². The lowest BCUT2D eigenvalue weighted by Gasteiger charge is -2.19. The van der Waals surface area contributed by atoms with Crippen molar-refractivity contribution in [3.63, 3.8) is 0 Å². The Balaban J connectivity index is 2.18. The van der Waals surface area contributed by atoms with Gasteiger partial charge in [-0.25, -0.2) is 0 Å². The van der Waals surface area contributed by atoms with Crippen LogP contribution in [0.25, 0.3) is 0 Å². The molecule has 4 nitrogen and oxygen atoms in total. The summed E-state index contributed by atoms with van der Waals surface area (Å²) in [6.07, 6.45) is 0. The average molecular weight is 457 g/mol. The highest BCUT2D eigenvalue weighted by Gasteiger charge is 2.14. The van der Waals surface area contributed by atoms with Gasteiger partial charge in [-0.05, 0) is 72.8 Å². The van der Waals surface area contributed by atoms with Gasteiger partial charge in [-0.1, -0.05) is 17.7 Å². The molecule has 2 rings (SSSR count). The van der Waals surface area contributed by atoms with Crippen LogP contribution in [0.15, 0.2) is 42.5 Å². The number of hydrogen-bond acceptors (Lipinski definition) is 2. The molecule has 2 amide bonds. The molecule has 0 aliphatic rings. The van der Waals surface area contributed by atoms with Crippen molar-refractivity contribution in [2.75, 3.05) is 18.4 Å².